The Morgan fingerprint density at radius 2 is 2.00 bits per heavy atom. The predicted octanol–water partition coefficient (Wildman–Crippen LogP) is 3.87. The van der Waals surface area contributed by atoms with Crippen LogP contribution in [0.25, 0.3) is 0 Å². The summed E-state index contributed by atoms with van der Waals surface area (Å²) in [7, 11) is 0. The third-order valence-electron chi connectivity index (χ3n) is 1.92. The zero-order valence-electron chi connectivity index (χ0n) is 8.02. The molecule has 0 aliphatic heterocycles. The minimum Gasteiger partial charge on any atom is -0.250 e. The minimum atomic E-state index is -4.86. The minimum absolute atomic E-state index is 0.245. The van der Waals surface area contributed by atoms with E-state index in [-0.39, 0.29) is 4.47 Å². The molecule has 0 N–H and O–H groups in total. The van der Waals surface area contributed by atoms with Crippen molar-refractivity contribution in [2.45, 2.75) is 19.0 Å². The van der Waals surface area contributed by atoms with Crippen molar-refractivity contribution in [3.05, 3.63) is 27.5 Å². The van der Waals surface area contributed by atoms with Crippen molar-refractivity contribution in [1.29, 1.82) is 5.26 Å². The van der Waals surface area contributed by atoms with Gasteiger partial charge in [0.25, 0.3) is 6.43 Å². The number of hydrogen-bond donors (Lipinski definition) is 0. The number of halogens is 6. The van der Waals surface area contributed by atoms with Crippen LogP contribution >= 0.6 is 15.9 Å². The highest BCUT2D eigenvalue weighted by Crippen LogP contribution is 2.38. The van der Waals surface area contributed by atoms with E-state index >= 15 is 0 Å². The molecule has 2 nitrogen and oxygen atoms in total. The molecule has 92 valence electrons. The van der Waals surface area contributed by atoms with Crippen molar-refractivity contribution < 1.29 is 22.0 Å². The van der Waals surface area contributed by atoms with E-state index in [1.165, 1.54) is 6.07 Å². The summed E-state index contributed by atoms with van der Waals surface area (Å²) >= 11 is 2.70. The molecule has 1 heterocycles. The Morgan fingerprint density at radius 1 is 1.41 bits per heavy atom. The van der Waals surface area contributed by atoms with Gasteiger partial charge in [-0.2, -0.15) is 18.4 Å². The standard InChI is InChI=1S/C9H4BrF5N2/c10-5-3-17-7(9(13,14)15)4(1-2-16)6(5)8(11)12/h3,8H,1H2. The maximum absolute atomic E-state index is 12.6. The molecular formula is C9H4BrF5N2. The van der Waals surface area contributed by atoms with Gasteiger partial charge in [-0.25, -0.2) is 8.78 Å². The number of aromatic nitrogens is 1. The van der Waals surface area contributed by atoms with Gasteiger partial charge >= 0.3 is 6.18 Å². The molecular weight excluding hydrogens is 311 g/mol. The highest BCUT2D eigenvalue weighted by molar-refractivity contribution is 9.10. The van der Waals surface area contributed by atoms with Crippen LogP contribution in [-0.4, -0.2) is 4.98 Å². The van der Waals surface area contributed by atoms with Gasteiger partial charge in [0.15, 0.2) is 0 Å². The molecule has 1 rings (SSSR count). The van der Waals surface area contributed by atoms with Crippen molar-refractivity contribution in [3.63, 3.8) is 0 Å². The third-order valence-corrected chi connectivity index (χ3v) is 2.55. The highest BCUT2D eigenvalue weighted by atomic mass is 79.9. The van der Waals surface area contributed by atoms with E-state index in [0.29, 0.717) is 6.20 Å². The van der Waals surface area contributed by atoms with Crippen molar-refractivity contribution in [3.8, 4) is 6.07 Å². The van der Waals surface area contributed by atoms with Crippen molar-refractivity contribution in [2.75, 3.05) is 0 Å². The number of nitriles is 1. The SMILES string of the molecule is N#CCc1c(C(F)(F)F)ncc(Br)c1C(F)F. The molecule has 0 radical (unpaired) electrons. The van der Waals surface area contributed by atoms with E-state index in [4.69, 9.17) is 5.26 Å². The van der Waals surface area contributed by atoms with Crippen molar-refractivity contribution in [1.82, 2.24) is 4.98 Å². The molecule has 0 saturated heterocycles. The van der Waals surface area contributed by atoms with Gasteiger partial charge < -0.3 is 0 Å². The van der Waals surface area contributed by atoms with Gasteiger partial charge in [-0.15, -0.1) is 0 Å². The molecule has 1 aromatic rings. The van der Waals surface area contributed by atoms with Gasteiger partial charge in [0.2, 0.25) is 0 Å². The predicted molar refractivity (Wildman–Crippen MR) is 51.2 cm³/mol. The van der Waals surface area contributed by atoms with Crippen LogP contribution in [0.3, 0.4) is 0 Å². The second-order valence-corrected chi connectivity index (χ2v) is 3.83. The number of alkyl halides is 5. The van der Waals surface area contributed by atoms with Crippen LogP contribution in [0, 0.1) is 11.3 Å². The molecule has 8 heteroatoms. The third kappa shape index (κ3) is 2.91. The number of rotatable bonds is 2. The van der Waals surface area contributed by atoms with Crippen LogP contribution in [0.15, 0.2) is 10.7 Å². The van der Waals surface area contributed by atoms with Crippen molar-refractivity contribution >= 4 is 15.9 Å². The Hall–Kier alpha value is -1.23. The first-order valence-electron chi connectivity index (χ1n) is 4.18. The Labute approximate surface area is 101 Å². The van der Waals surface area contributed by atoms with E-state index in [1.54, 1.807) is 0 Å². The van der Waals surface area contributed by atoms with E-state index in [2.05, 4.69) is 20.9 Å². The summed E-state index contributed by atoms with van der Waals surface area (Å²) in [4.78, 5) is 3.05. The fraction of sp³-hybridized carbons (Fsp3) is 0.333. The second-order valence-electron chi connectivity index (χ2n) is 2.98. The molecule has 0 bridgehead atoms. The molecule has 0 atom stereocenters. The molecule has 0 aliphatic carbocycles. The lowest BCUT2D eigenvalue weighted by Gasteiger charge is -2.14. The van der Waals surface area contributed by atoms with Gasteiger partial charge in [-0.1, -0.05) is 0 Å². The molecule has 17 heavy (non-hydrogen) atoms. The van der Waals surface area contributed by atoms with Crippen LogP contribution in [-0.2, 0) is 12.6 Å². The first kappa shape index (κ1) is 13.8. The molecule has 0 spiro atoms. The molecule has 1 aromatic heterocycles. The zero-order chi connectivity index (χ0) is 13.2. The van der Waals surface area contributed by atoms with E-state index in [9.17, 15) is 22.0 Å². The fourth-order valence-electron chi connectivity index (χ4n) is 1.28. The average molecular weight is 315 g/mol. The maximum atomic E-state index is 12.6. The monoisotopic (exact) mass is 314 g/mol. The van der Waals surface area contributed by atoms with Crippen LogP contribution < -0.4 is 0 Å². The van der Waals surface area contributed by atoms with Crippen molar-refractivity contribution in [2.24, 2.45) is 0 Å². The summed E-state index contributed by atoms with van der Waals surface area (Å²) in [6, 6.07) is 1.42. The lowest BCUT2D eigenvalue weighted by Crippen LogP contribution is -2.14. The van der Waals surface area contributed by atoms with Crippen LogP contribution in [0.1, 0.15) is 23.2 Å². The Balaban J connectivity index is 3.54. The van der Waals surface area contributed by atoms with Gasteiger partial charge in [-0.05, 0) is 15.9 Å². The smallest absolute Gasteiger partial charge is 0.250 e. The summed E-state index contributed by atoms with van der Waals surface area (Å²) in [6.07, 6.45) is -8.10. The van der Waals surface area contributed by atoms with Gasteiger partial charge in [0, 0.05) is 21.8 Å². The second kappa shape index (κ2) is 4.96. The molecule has 0 aliphatic rings. The van der Waals surface area contributed by atoms with Crippen LogP contribution in [0.4, 0.5) is 22.0 Å². The zero-order valence-corrected chi connectivity index (χ0v) is 9.61. The normalized spacial score (nSPS) is 11.6. The molecule has 0 saturated carbocycles. The summed E-state index contributed by atoms with van der Waals surface area (Å²) < 4.78 is 62.6. The lowest BCUT2D eigenvalue weighted by atomic mass is 10.0. The average Bonchev–Trinajstić information content (AvgIpc) is 2.15. The Bertz CT molecular complexity index is 464. The van der Waals surface area contributed by atoms with E-state index < -0.39 is 35.8 Å². The lowest BCUT2D eigenvalue weighted by molar-refractivity contribution is -0.141. The Kier molecular flexibility index (Phi) is 4.03. The molecule has 0 aromatic carbocycles. The van der Waals surface area contributed by atoms with Gasteiger partial charge in [0.05, 0.1) is 12.5 Å². The molecule has 0 amide bonds. The van der Waals surface area contributed by atoms with Gasteiger partial charge in [-0.3, -0.25) is 4.98 Å². The highest BCUT2D eigenvalue weighted by Gasteiger charge is 2.37. The first-order chi connectivity index (χ1) is 7.79. The number of pyridine rings is 1. The summed E-state index contributed by atoms with van der Waals surface area (Å²) in [5.41, 5.74) is -3.07. The largest absolute Gasteiger partial charge is 0.433 e. The summed E-state index contributed by atoms with van der Waals surface area (Å²) in [5.74, 6) is 0. The maximum Gasteiger partial charge on any atom is 0.433 e. The topological polar surface area (TPSA) is 36.7 Å². The van der Waals surface area contributed by atoms with Crippen LogP contribution in [0.2, 0.25) is 0 Å². The van der Waals surface area contributed by atoms with E-state index in [1.807, 2.05) is 0 Å². The number of hydrogen-bond acceptors (Lipinski definition) is 2. The number of nitrogens with zero attached hydrogens (tertiary/aromatic N) is 2. The quantitative estimate of drug-likeness (QED) is 0.777. The van der Waals surface area contributed by atoms with Gasteiger partial charge in [0.1, 0.15) is 5.69 Å². The first-order valence-corrected chi connectivity index (χ1v) is 4.98. The summed E-state index contributed by atoms with van der Waals surface area (Å²) in [5, 5.41) is 8.40. The molecule has 0 unspecified atom stereocenters. The Morgan fingerprint density at radius 3 is 2.41 bits per heavy atom. The van der Waals surface area contributed by atoms with Crippen LogP contribution in [0.5, 0.6) is 0 Å². The summed E-state index contributed by atoms with van der Waals surface area (Å²) in [6.45, 7) is 0. The fourth-order valence-corrected chi connectivity index (χ4v) is 1.79. The molecule has 0 fully saturated rings. The van der Waals surface area contributed by atoms with E-state index in [0.717, 1.165) is 0 Å².